The molecule has 1 N–H and O–H groups in total. The van der Waals surface area contributed by atoms with Gasteiger partial charge in [-0.3, -0.25) is 9.78 Å². The number of aromatic nitrogens is 1. The summed E-state index contributed by atoms with van der Waals surface area (Å²) in [4.78, 5) is 16.1. The Bertz CT molecular complexity index is 596. The fraction of sp³-hybridized carbons (Fsp3) is 0.154. The molecule has 2 aromatic rings. The lowest BCUT2D eigenvalue weighted by atomic mass is 10.1. The maximum absolute atomic E-state index is 11.9. The topological polar surface area (TPSA) is 65.8 Å². The van der Waals surface area contributed by atoms with Crippen molar-refractivity contribution in [3.63, 3.8) is 0 Å². The first-order chi connectivity index (χ1) is 8.22. The summed E-state index contributed by atoms with van der Waals surface area (Å²) in [5.41, 5.74) is 1.31. The highest BCUT2D eigenvalue weighted by Gasteiger charge is 2.11. The number of fused-ring (bicyclic) bond motifs is 1. The number of pyridine rings is 1. The number of carbonyl (C=O) groups excluding carboxylic acids is 1. The van der Waals surface area contributed by atoms with Gasteiger partial charge in [0.25, 0.3) is 5.91 Å². The minimum absolute atomic E-state index is 0.252. The largest absolute Gasteiger partial charge is 0.337 e. The summed E-state index contributed by atoms with van der Waals surface area (Å²) < 4.78 is 0. The Labute approximate surface area is 98.9 Å². The van der Waals surface area contributed by atoms with Gasteiger partial charge in [0.1, 0.15) is 6.04 Å². The van der Waals surface area contributed by atoms with E-state index in [2.05, 4.69) is 10.3 Å². The van der Waals surface area contributed by atoms with E-state index >= 15 is 0 Å². The predicted molar refractivity (Wildman–Crippen MR) is 64.3 cm³/mol. The van der Waals surface area contributed by atoms with E-state index in [1.54, 1.807) is 31.3 Å². The summed E-state index contributed by atoms with van der Waals surface area (Å²) in [5.74, 6) is -0.252. The first kappa shape index (κ1) is 11.1. The van der Waals surface area contributed by atoms with Crippen LogP contribution in [0.15, 0.2) is 36.5 Å². The van der Waals surface area contributed by atoms with Crippen molar-refractivity contribution in [3.05, 3.63) is 42.1 Å². The van der Waals surface area contributed by atoms with Crippen LogP contribution in [0, 0.1) is 11.3 Å². The van der Waals surface area contributed by atoms with Gasteiger partial charge in [-0.05, 0) is 25.1 Å². The van der Waals surface area contributed by atoms with Crippen molar-refractivity contribution >= 4 is 16.8 Å². The number of nitriles is 1. The van der Waals surface area contributed by atoms with Crippen LogP contribution in [0.3, 0.4) is 0 Å². The van der Waals surface area contributed by atoms with Crippen molar-refractivity contribution in [2.45, 2.75) is 13.0 Å². The molecule has 0 fully saturated rings. The van der Waals surface area contributed by atoms with Crippen molar-refractivity contribution in [3.8, 4) is 6.07 Å². The summed E-state index contributed by atoms with van der Waals surface area (Å²) >= 11 is 0. The zero-order chi connectivity index (χ0) is 12.3. The fourth-order valence-electron chi connectivity index (χ4n) is 1.61. The average molecular weight is 225 g/mol. The number of rotatable bonds is 2. The molecular weight excluding hydrogens is 214 g/mol. The van der Waals surface area contributed by atoms with E-state index in [9.17, 15) is 4.79 Å². The molecule has 0 spiro atoms. The van der Waals surface area contributed by atoms with Crippen LogP contribution < -0.4 is 5.32 Å². The number of hydrogen-bond donors (Lipinski definition) is 1. The highest BCUT2D eigenvalue weighted by atomic mass is 16.1. The molecule has 4 nitrogen and oxygen atoms in total. The number of hydrogen-bond acceptors (Lipinski definition) is 3. The van der Waals surface area contributed by atoms with Crippen molar-refractivity contribution in [1.29, 1.82) is 5.26 Å². The Hall–Kier alpha value is -2.41. The molecule has 84 valence electrons. The van der Waals surface area contributed by atoms with E-state index in [1.807, 2.05) is 18.2 Å². The van der Waals surface area contributed by atoms with Crippen LogP contribution in [-0.2, 0) is 0 Å². The van der Waals surface area contributed by atoms with Crippen LogP contribution in [0.5, 0.6) is 0 Å². The third-order valence-electron chi connectivity index (χ3n) is 2.43. The van der Waals surface area contributed by atoms with Crippen LogP contribution in [0.25, 0.3) is 10.9 Å². The van der Waals surface area contributed by atoms with Crippen molar-refractivity contribution in [2.75, 3.05) is 0 Å². The van der Waals surface area contributed by atoms with E-state index in [1.165, 1.54) is 0 Å². The molecule has 0 aliphatic rings. The molecule has 1 aromatic carbocycles. The zero-order valence-corrected chi connectivity index (χ0v) is 9.34. The van der Waals surface area contributed by atoms with Crippen molar-refractivity contribution in [1.82, 2.24) is 10.3 Å². The average Bonchev–Trinajstić information content (AvgIpc) is 2.37. The van der Waals surface area contributed by atoms with Crippen LogP contribution in [0.2, 0.25) is 0 Å². The second-order valence-corrected chi connectivity index (χ2v) is 3.70. The van der Waals surface area contributed by atoms with Gasteiger partial charge in [0.2, 0.25) is 0 Å². The first-order valence-electron chi connectivity index (χ1n) is 5.26. The normalized spacial score (nSPS) is 11.8. The second kappa shape index (κ2) is 4.62. The van der Waals surface area contributed by atoms with Gasteiger partial charge in [-0.2, -0.15) is 5.26 Å². The molecule has 1 atom stereocenters. The summed E-state index contributed by atoms with van der Waals surface area (Å²) in [6, 6.07) is 10.4. The smallest absolute Gasteiger partial charge is 0.252 e. The molecule has 0 aliphatic heterocycles. The van der Waals surface area contributed by atoms with Crippen LogP contribution in [0.4, 0.5) is 0 Å². The quantitative estimate of drug-likeness (QED) is 0.848. The molecule has 0 bridgehead atoms. The first-order valence-corrected chi connectivity index (χ1v) is 5.26. The van der Waals surface area contributed by atoms with Gasteiger partial charge >= 0.3 is 0 Å². The van der Waals surface area contributed by atoms with Gasteiger partial charge in [0, 0.05) is 17.1 Å². The summed E-state index contributed by atoms with van der Waals surface area (Å²) in [5, 5.41) is 12.1. The maximum Gasteiger partial charge on any atom is 0.252 e. The molecule has 0 aliphatic carbocycles. The van der Waals surface area contributed by atoms with Gasteiger partial charge in [0.05, 0.1) is 11.6 Å². The molecule has 1 heterocycles. The number of nitrogens with zero attached hydrogens (tertiary/aromatic N) is 2. The molecule has 1 unspecified atom stereocenters. The Balaban J connectivity index is 2.42. The number of nitrogens with one attached hydrogen (secondary N) is 1. The van der Waals surface area contributed by atoms with Crippen LogP contribution in [-0.4, -0.2) is 16.9 Å². The van der Waals surface area contributed by atoms with E-state index in [-0.39, 0.29) is 5.91 Å². The molecule has 0 radical (unpaired) electrons. The molecule has 2 rings (SSSR count). The third-order valence-corrected chi connectivity index (χ3v) is 2.43. The Morgan fingerprint density at radius 3 is 3.00 bits per heavy atom. The lowest BCUT2D eigenvalue weighted by molar-refractivity contribution is 0.0949. The lowest BCUT2D eigenvalue weighted by Gasteiger charge is -2.08. The number of benzene rings is 1. The van der Waals surface area contributed by atoms with Crippen LogP contribution >= 0.6 is 0 Å². The van der Waals surface area contributed by atoms with Gasteiger partial charge < -0.3 is 5.32 Å². The van der Waals surface area contributed by atoms with E-state index in [0.29, 0.717) is 5.56 Å². The highest BCUT2D eigenvalue weighted by molar-refractivity contribution is 6.06. The fourth-order valence-corrected chi connectivity index (χ4v) is 1.61. The maximum atomic E-state index is 11.9. The number of amides is 1. The van der Waals surface area contributed by atoms with Crippen LogP contribution in [0.1, 0.15) is 17.3 Å². The molecule has 4 heteroatoms. The second-order valence-electron chi connectivity index (χ2n) is 3.70. The van der Waals surface area contributed by atoms with E-state index in [0.717, 1.165) is 10.9 Å². The SMILES string of the molecule is CC(C#N)NC(=O)c1cccc2ncccc12. The van der Waals surface area contributed by atoms with Crippen molar-refractivity contribution < 1.29 is 4.79 Å². The Kier molecular flexibility index (Phi) is 3.01. The highest BCUT2D eigenvalue weighted by Crippen LogP contribution is 2.16. The Morgan fingerprint density at radius 2 is 2.24 bits per heavy atom. The summed E-state index contributed by atoms with van der Waals surface area (Å²) in [6.07, 6.45) is 1.68. The van der Waals surface area contributed by atoms with Gasteiger partial charge in [-0.15, -0.1) is 0 Å². The molecular formula is C13H11N3O. The predicted octanol–water partition coefficient (Wildman–Crippen LogP) is 1.88. The Morgan fingerprint density at radius 1 is 1.41 bits per heavy atom. The standard InChI is InChI=1S/C13H11N3O/c1-9(8-14)16-13(17)11-4-2-6-12-10(11)5-3-7-15-12/h2-7,9H,1H3,(H,16,17). The third kappa shape index (κ3) is 2.23. The molecule has 1 amide bonds. The molecule has 0 saturated heterocycles. The van der Waals surface area contributed by atoms with Gasteiger partial charge in [-0.25, -0.2) is 0 Å². The van der Waals surface area contributed by atoms with Crippen molar-refractivity contribution in [2.24, 2.45) is 0 Å². The molecule has 17 heavy (non-hydrogen) atoms. The summed E-state index contributed by atoms with van der Waals surface area (Å²) in [6.45, 7) is 1.64. The van der Waals surface area contributed by atoms with Gasteiger partial charge in [-0.1, -0.05) is 12.1 Å². The van der Waals surface area contributed by atoms with Gasteiger partial charge in [0.15, 0.2) is 0 Å². The van der Waals surface area contributed by atoms with E-state index in [4.69, 9.17) is 5.26 Å². The number of carbonyl (C=O) groups is 1. The minimum atomic E-state index is -0.505. The summed E-state index contributed by atoms with van der Waals surface area (Å²) in [7, 11) is 0. The minimum Gasteiger partial charge on any atom is -0.337 e. The van der Waals surface area contributed by atoms with E-state index < -0.39 is 6.04 Å². The monoisotopic (exact) mass is 225 g/mol. The lowest BCUT2D eigenvalue weighted by Crippen LogP contribution is -2.31. The molecule has 0 saturated carbocycles. The zero-order valence-electron chi connectivity index (χ0n) is 9.34. The molecule has 1 aromatic heterocycles.